The number of aromatic nitrogens is 2. The van der Waals surface area contributed by atoms with Gasteiger partial charge in [-0.05, 0) is 92.4 Å². The number of ether oxygens (including phenoxy) is 3. The van der Waals surface area contributed by atoms with Crippen LogP contribution in [0.25, 0.3) is 32.9 Å². The van der Waals surface area contributed by atoms with E-state index in [2.05, 4.69) is 4.74 Å². The molecule has 6 rings (SSSR count). The second-order valence-electron chi connectivity index (χ2n) is 12.2. The number of benzene rings is 3. The van der Waals surface area contributed by atoms with Gasteiger partial charge in [0.25, 0.3) is 5.56 Å². The lowest BCUT2D eigenvalue weighted by atomic mass is 9.86. The highest BCUT2D eigenvalue weighted by Gasteiger charge is 2.33. The maximum atomic E-state index is 13.4. The van der Waals surface area contributed by atoms with Crippen molar-refractivity contribution in [1.82, 2.24) is 9.55 Å². The van der Waals surface area contributed by atoms with Gasteiger partial charge in [0, 0.05) is 40.6 Å². The van der Waals surface area contributed by atoms with E-state index >= 15 is 0 Å². The zero-order chi connectivity index (χ0) is 33.0. The van der Waals surface area contributed by atoms with E-state index < -0.39 is 24.0 Å². The van der Waals surface area contributed by atoms with Gasteiger partial charge < -0.3 is 23.9 Å². The van der Waals surface area contributed by atoms with Gasteiger partial charge in [0.05, 0.1) is 29.8 Å². The van der Waals surface area contributed by atoms with Crippen molar-refractivity contribution in [2.45, 2.75) is 58.7 Å². The highest BCUT2D eigenvalue weighted by atomic mass is 19.4. The van der Waals surface area contributed by atoms with Gasteiger partial charge in [-0.2, -0.15) is 0 Å². The third-order valence-corrected chi connectivity index (χ3v) is 7.84. The van der Waals surface area contributed by atoms with Crippen molar-refractivity contribution < 1.29 is 37.3 Å². The minimum atomic E-state index is -4.83. The number of carboxylic acids is 1. The second kappa shape index (κ2) is 11.5. The Hall–Kier alpha value is -4.90. The van der Waals surface area contributed by atoms with Gasteiger partial charge in [-0.1, -0.05) is 12.1 Å². The number of fused-ring (bicyclic) bond motifs is 1. The lowest BCUT2D eigenvalue weighted by Crippen LogP contribution is -2.28. The van der Waals surface area contributed by atoms with E-state index in [1.165, 1.54) is 34.9 Å². The molecule has 1 aliphatic rings. The first-order chi connectivity index (χ1) is 21.7. The summed E-state index contributed by atoms with van der Waals surface area (Å²) in [5, 5.41) is 11.9. The van der Waals surface area contributed by atoms with Crippen LogP contribution in [-0.2, 0) is 22.5 Å². The number of aliphatic carboxylic acids is 1. The first kappa shape index (κ1) is 31.1. The van der Waals surface area contributed by atoms with E-state index in [4.69, 9.17) is 14.5 Å². The quantitative estimate of drug-likeness (QED) is 0.200. The summed E-state index contributed by atoms with van der Waals surface area (Å²) < 4.78 is 55.7. The lowest BCUT2D eigenvalue weighted by molar-refractivity contribution is -0.274. The summed E-state index contributed by atoms with van der Waals surface area (Å²) >= 11 is 0. The Morgan fingerprint density at radius 3 is 2.48 bits per heavy atom. The molecule has 1 unspecified atom stereocenters. The number of pyridine rings is 2. The summed E-state index contributed by atoms with van der Waals surface area (Å²) in [5.41, 5.74) is 3.80. The second-order valence-corrected chi connectivity index (χ2v) is 12.2. The van der Waals surface area contributed by atoms with Crippen LogP contribution in [0.1, 0.15) is 49.1 Å². The molecule has 1 atom stereocenters. The van der Waals surface area contributed by atoms with Gasteiger partial charge in [-0.15, -0.1) is 13.2 Å². The molecule has 2 aromatic heterocycles. The van der Waals surface area contributed by atoms with Crippen molar-refractivity contribution in [3.05, 3.63) is 99.5 Å². The first-order valence-corrected chi connectivity index (χ1v) is 14.7. The fourth-order valence-electron chi connectivity index (χ4n) is 6.05. The predicted octanol–water partition coefficient (Wildman–Crippen LogP) is 7.35. The summed E-state index contributed by atoms with van der Waals surface area (Å²) in [6, 6.07) is 15.8. The Morgan fingerprint density at radius 1 is 1.07 bits per heavy atom. The number of alkyl halides is 3. The topological polar surface area (TPSA) is 99.9 Å². The normalized spacial score (nSPS) is 13.9. The van der Waals surface area contributed by atoms with Crippen LogP contribution in [0.4, 0.5) is 13.2 Å². The Balaban J connectivity index is 1.62. The molecule has 0 amide bonds. The SMILES string of the molecule is Cc1cc2c(ccc(=O)n2Cc2ccc(OC(F)(F)F)cc2)c(-c2ccc3c4c(ccnc24)CCO3)c1C(OC(C)(C)C)C(=O)O. The molecule has 5 aromatic rings. The molecule has 0 radical (unpaired) electrons. The summed E-state index contributed by atoms with van der Waals surface area (Å²) in [6.45, 7) is 7.68. The maximum Gasteiger partial charge on any atom is 0.573 e. The third kappa shape index (κ3) is 6.02. The molecule has 0 fully saturated rings. The van der Waals surface area contributed by atoms with E-state index in [1.54, 1.807) is 46.0 Å². The van der Waals surface area contributed by atoms with Crippen molar-refractivity contribution >= 4 is 27.8 Å². The highest BCUT2D eigenvalue weighted by Crippen LogP contribution is 2.45. The van der Waals surface area contributed by atoms with Crippen LogP contribution in [-0.4, -0.2) is 39.2 Å². The molecule has 0 aliphatic carbocycles. The predicted molar refractivity (Wildman–Crippen MR) is 166 cm³/mol. The zero-order valence-corrected chi connectivity index (χ0v) is 25.6. The van der Waals surface area contributed by atoms with Gasteiger partial charge in [0.1, 0.15) is 11.5 Å². The molecule has 1 aliphatic heterocycles. The number of hydrogen-bond acceptors (Lipinski definition) is 6. The summed E-state index contributed by atoms with van der Waals surface area (Å²) in [7, 11) is 0. The smallest absolute Gasteiger partial charge is 0.493 e. The average Bonchev–Trinajstić information content (AvgIpc) is 2.97. The number of nitrogens with zero attached hydrogens (tertiary/aromatic N) is 2. The summed E-state index contributed by atoms with van der Waals surface area (Å²) in [5.74, 6) is -0.864. The first-order valence-electron chi connectivity index (χ1n) is 14.7. The average molecular weight is 633 g/mol. The Bertz CT molecular complexity index is 2040. The molecule has 238 valence electrons. The number of carbonyl (C=O) groups is 1. The molecular weight excluding hydrogens is 601 g/mol. The molecule has 1 N–H and O–H groups in total. The van der Waals surface area contributed by atoms with Crippen LogP contribution in [0.5, 0.6) is 11.5 Å². The third-order valence-electron chi connectivity index (χ3n) is 7.84. The molecule has 46 heavy (non-hydrogen) atoms. The van der Waals surface area contributed by atoms with Crippen LogP contribution in [0.3, 0.4) is 0 Å². The number of rotatable bonds is 7. The van der Waals surface area contributed by atoms with Gasteiger partial charge in [-0.25, -0.2) is 4.79 Å². The van der Waals surface area contributed by atoms with Crippen molar-refractivity contribution in [2.75, 3.05) is 6.61 Å². The van der Waals surface area contributed by atoms with E-state index in [0.717, 1.165) is 10.9 Å². The zero-order valence-electron chi connectivity index (χ0n) is 25.6. The minimum absolute atomic E-state index is 0.0392. The van der Waals surface area contributed by atoms with Crippen LogP contribution in [0, 0.1) is 6.92 Å². The van der Waals surface area contributed by atoms with Gasteiger partial charge in [0.2, 0.25) is 0 Å². The number of carboxylic acid groups (broad SMARTS) is 1. The Morgan fingerprint density at radius 2 is 1.80 bits per heavy atom. The Labute approximate surface area is 262 Å². The van der Waals surface area contributed by atoms with Crippen LogP contribution < -0.4 is 15.0 Å². The van der Waals surface area contributed by atoms with Crippen molar-refractivity contribution in [3.8, 4) is 22.6 Å². The lowest BCUT2D eigenvalue weighted by Gasteiger charge is -2.29. The molecule has 8 nitrogen and oxygen atoms in total. The standard InChI is InChI=1S/C35H31F3N2O6/c1-19-17-25-23(10-12-27(41)40(25)18-20-5-7-22(8-6-20)45-35(36,37)38)30(28(19)32(33(42)43)46-34(2,3)4)24-9-11-26-29-21(14-16-44-26)13-15-39-31(24)29/h5-13,15,17,32H,14,16,18H2,1-4H3,(H,42,43). The fourth-order valence-corrected chi connectivity index (χ4v) is 6.05. The van der Waals surface area contributed by atoms with Gasteiger partial charge in [-0.3, -0.25) is 9.78 Å². The largest absolute Gasteiger partial charge is 0.573 e. The van der Waals surface area contributed by atoms with E-state index in [-0.39, 0.29) is 17.9 Å². The van der Waals surface area contributed by atoms with Crippen LogP contribution >= 0.6 is 0 Å². The molecule has 11 heteroatoms. The van der Waals surface area contributed by atoms with E-state index in [9.17, 15) is 27.9 Å². The highest BCUT2D eigenvalue weighted by molar-refractivity contribution is 6.08. The van der Waals surface area contributed by atoms with Crippen LogP contribution in [0.2, 0.25) is 0 Å². The summed E-state index contributed by atoms with van der Waals surface area (Å²) in [6.07, 6.45) is -3.78. The van der Waals surface area contributed by atoms with E-state index in [0.29, 0.717) is 63.0 Å². The molecule has 3 aromatic carbocycles. The monoisotopic (exact) mass is 632 g/mol. The van der Waals surface area contributed by atoms with E-state index in [1.807, 2.05) is 18.2 Å². The van der Waals surface area contributed by atoms with Crippen molar-refractivity contribution in [2.24, 2.45) is 0 Å². The van der Waals surface area contributed by atoms with Crippen LogP contribution in [0.15, 0.2) is 71.7 Å². The maximum absolute atomic E-state index is 13.4. The van der Waals surface area contributed by atoms with Gasteiger partial charge in [0.15, 0.2) is 6.10 Å². The number of halogens is 3. The molecule has 0 bridgehead atoms. The molecule has 0 saturated heterocycles. The fraction of sp³-hybridized carbons (Fsp3) is 0.286. The summed E-state index contributed by atoms with van der Waals surface area (Å²) in [4.78, 5) is 30.9. The minimum Gasteiger partial charge on any atom is -0.493 e. The molecular formula is C35H31F3N2O6. The molecule has 0 spiro atoms. The number of aryl methyl sites for hydroxylation is 1. The van der Waals surface area contributed by atoms with Crippen molar-refractivity contribution in [3.63, 3.8) is 0 Å². The number of hydrogen-bond donors (Lipinski definition) is 1. The Kier molecular flexibility index (Phi) is 7.76. The molecule has 0 saturated carbocycles. The molecule has 3 heterocycles. The van der Waals surface area contributed by atoms with Crippen molar-refractivity contribution in [1.29, 1.82) is 0 Å². The van der Waals surface area contributed by atoms with Gasteiger partial charge >= 0.3 is 12.3 Å².